The normalized spacial score (nSPS) is 18.3. The topological polar surface area (TPSA) is 118 Å². The van der Waals surface area contributed by atoms with E-state index in [9.17, 15) is 24.8 Å². The summed E-state index contributed by atoms with van der Waals surface area (Å²) in [4.78, 5) is 41.6. The van der Waals surface area contributed by atoms with Crippen LogP contribution in [0.15, 0.2) is 46.3 Å². The molecule has 11 heteroatoms. The molecule has 2 aliphatic rings. The molecule has 0 unspecified atom stereocenters. The van der Waals surface area contributed by atoms with Crippen LogP contribution in [0.2, 0.25) is 5.02 Å². The second kappa shape index (κ2) is 9.93. The average molecular weight is 527 g/mol. The zero-order valence-electron chi connectivity index (χ0n) is 19.8. The Morgan fingerprint density at radius 1 is 1.24 bits per heavy atom. The van der Waals surface area contributed by atoms with Gasteiger partial charge in [0.15, 0.2) is 0 Å². The molecule has 1 aliphatic carbocycles. The van der Waals surface area contributed by atoms with Gasteiger partial charge in [0.05, 0.1) is 32.6 Å². The SMILES string of the molecule is O=C(O)c1cn(C2CC2)c2c(Cl)c(N3CCCC[C@@H](/N=C/c4cccc([N+](=O)[O-])c4)C3)c(F)cc2c1=O. The number of nitro groups is 1. The number of halogens is 2. The van der Waals surface area contributed by atoms with E-state index < -0.39 is 27.7 Å². The number of nitrogens with zero attached hydrogens (tertiary/aromatic N) is 4. The number of aromatic carboxylic acids is 1. The molecule has 1 saturated heterocycles. The smallest absolute Gasteiger partial charge is 0.341 e. The second-order valence-corrected chi connectivity index (χ2v) is 9.84. The molecule has 2 heterocycles. The molecule has 0 bridgehead atoms. The van der Waals surface area contributed by atoms with E-state index in [-0.39, 0.29) is 33.9 Å². The molecule has 1 N–H and O–H groups in total. The van der Waals surface area contributed by atoms with Gasteiger partial charge in [-0.1, -0.05) is 23.7 Å². The molecule has 0 radical (unpaired) electrons. The van der Waals surface area contributed by atoms with E-state index in [1.54, 1.807) is 22.9 Å². The van der Waals surface area contributed by atoms with Crippen molar-refractivity contribution in [3.63, 3.8) is 0 Å². The highest BCUT2D eigenvalue weighted by molar-refractivity contribution is 6.38. The Kier molecular flexibility index (Phi) is 6.68. The van der Waals surface area contributed by atoms with E-state index in [1.807, 2.05) is 4.90 Å². The Morgan fingerprint density at radius 2 is 2.03 bits per heavy atom. The largest absolute Gasteiger partial charge is 0.477 e. The van der Waals surface area contributed by atoms with Gasteiger partial charge in [-0.15, -0.1) is 0 Å². The van der Waals surface area contributed by atoms with Crippen molar-refractivity contribution in [2.75, 3.05) is 18.0 Å². The number of benzene rings is 2. The van der Waals surface area contributed by atoms with Gasteiger partial charge in [0.2, 0.25) is 5.43 Å². The summed E-state index contributed by atoms with van der Waals surface area (Å²) in [6, 6.07) is 7.08. The highest BCUT2D eigenvalue weighted by atomic mass is 35.5. The number of pyridine rings is 1. The predicted octanol–water partition coefficient (Wildman–Crippen LogP) is 5.21. The van der Waals surface area contributed by atoms with Crippen LogP contribution in [0, 0.1) is 15.9 Å². The maximum Gasteiger partial charge on any atom is 0.341 e. The third kappa shape index (κ3) is 4.93. The van der Waals surface area contributed by atoms with Gasteiger partial charge >= 0.3 is 5.97 Å². The van der Waals surface area contributed by atoms with Crippen molar-refractivity contribution < 1.29 is 19.2 Å². The van der Waals surface area contributed by atoms with Crippen LogP contribution in [-0.2, 0) is 0 Å². The first-order chi connectivity index (χ1) is 17.7. The Labute approximate surface area is 215 Å². The number of fused-ring (bicyclic) bond motifs is 1. The van der Waals surface area contributed by atoms with E-state index >= 15 is 4.39 Å². The summed E-state index contributed by atoms with van der Waals surface area (Å²) in [7, 11) is 0. The monoisotopic (exact) mass is 526 g/mol. The maximum absolute atomic E-state index is 15.5. The van der Waals surface area contributed by atoms with Crippen LogP contribution in [0.3, 0.4) is 0 Å². The minimum atomic E-state index is -1.36. The van der Waals surface area contributed by atoms with Crippen LogP contribution in [0.1, 0.15) is 54.1 Å². The van der Waals surface area contributed by atoms with Crippen LogP contribution in [0.25, 0.3) is 10.9 Å². The highest BCUT2D eigenvalue weighted by Gasteiger charge is 2.31. The van der Waals surface area contributed by atoms with Crippen molar-refractivity contribution in [1.82, 2.24) is 4.57 Å². The van der Waals surface area contributed by atoms with E-state index in [1.165, 1.54) is 18.3 Å². The lowest BCUT2D eigenvalue weighted by atomic mass is 10.1. The number of carbonyl (C=O) groups is 1. The third-order valence-electron chi connectivity index (χ3n) is 6.83. The quantitative estimate of drug-likeness (QED) is 0.267. The van der Waals surface area contributed by atoms with E-state index in [2.05, 4.69) is 4.99 Å². The average Bonchev–Trinajstić information content (AvgIpc) is 3.71. The summed E-state index contributed by atoms with van der Waals surface area (Å²) < 4.78 is 17.2. The van der Waals surface area contributed by atoms with Crippen LogP contribution >= 0.6 is 11.6 Å². The van der Waals surface area contributed by atoms with Gasteiger partial charge in [-0.25, -0.2) is 9.18 Å². The zero-order chi connectivity index (χ0) is 26.3. The van der Waals surface area contributed by atoms with Crippen LogP contribution in [0.4, 0.5) is 15.8 Å². The molecule has 1 aromatic heterocycles. The summed E-state index contributed by atoms with van der Waals surface area (Å²) in [6.07, 6.45) is 6.93. The molecule has 0 spiro atoms. The Morgan fingerprint density at radius 3 is 2.73 bits per heavy atom. The van der Waals surface area contributed by atoms with Crippen molar-refractivity contribution in [2.24, 2.45) is 4.99 Å². The third-order valence-corrected chi connectivity index (χ3v) is 7.19. The molecular weight excluding hydrogens is 503 g/mol. The molecule has 9 nitrogen and oxygen atoms in total. The number of anilines is 1. The number of carboxylic acids is 1. The molecule has 5 rings (SSSR count). The molecule has 3 aromatic rings. The van der Waals surface area contributed by atoms with Crippen molar-refractivity contribution in [2.45, 2.75) is 44.2 Å². The zero-order valence-corrected chi connectivity index (χ0v) is 20.5. The summed E-state index contributed by atoms with van der Waals surface area (Å²) in [5, 5.41) is 20.6. The summed E-state index contributed by atoms with van der Waals surface area (Å²) in [5.41, 5.74) is -0.0817. The number of aromatic nitrogens is 1. The van der Waals surface area contributed by atoms with E-state index in [0.717, 1.165) is 38.2 Å². The standard InChI is InChI=1S/C26H24ClFN4O5/c27-22-23-19(25(33)20(26(34)35)14-31(23)17-7-8-17)11-21(28)24(22)30-9-2-1-5-16(13-30)29-12-15-4-3-6-18(10-15)32(36)37/h3-4,6,10-12,14,16-17H,1-2,5,7-9,13H2,(H,34,35)/b29-12+/t16-/m1/s1. The summed E-state index contributed by atoms with van der Waals surface area (Å²) in [5.74, 6) is -2.05. The molecule has 37 heavy (non-hydrogen) atoms. The van der Waals surface area contributed by atoms with E-state index in [4.69, 9.17) is 11.6 Å². The summed E-state index contributed by atoms with van der Waals surface area (Å²) >= 11 is 6.79. The van der Waals surface area contributed by atoms with E-state index in [0.29, 0.717) is 24.2 Å². The van der Waals surface area contributed by atoms with Gasteiger partial charge in [-0.2, -0.15) is 0 Å². The first kappa shape index (κ1) is 24.9. The van der Waals surface area contributed by atoms with Crippen molar-refractivity contribution in [3.05, 3.63) is 78.8 Å². The number of hydrogen-bond donors (Lipinski definition) is 1. The van der Waals surface area contributed by atoms with Gasteiger partial charge in [0.1, 0.15) is 11.4 Å². The number of hydrogen-bond acceptors (Lipinski definition) is 6. The number of nitro benzene ring substituents is 1. The lowest BCUT2D eigenvalue weighted by Gasteiger charge is -2.27. The maximum atomic E-state index is 15.5. The summed E-state index contributed by atoms with van der Waals surface area (Å²) in [6.45, 7) is 0.903. The van der Waals surface area contributed by atoms with Crippen molar-refractivity contribution in [1.29, 1.82) is 0 Å². The molecule has 1 aliphatic heterocycles. The highest BCUT2D eigenvalue weighted by Crippen LogP contribution is 2.42. The first-order valence-electron chi connectivity index (χ1n) is 12.1. The van der Waals surface area contributed by atoms with Crippen molar-refractivity contribution >= 4 is 46.1 Å². The number of aliphatic imine (C=N–C) groups is 1. The molecule has 2 fully saturated rings. The molecule has 1 atom stereocenters. The van der Waals surface area contributed by atoms with Crippen LogP contribution < -0.4 is 10.3 Å². The number of rotatable bonds is 6. The Bertz CT molecular complexity index is 1500. The molecule has 0 amide bonds. The Balaban J connectivity index is 1.52. The van der Waals surface area contributed by atoms with Crippen molar-refractivity contribution in [3.8, 4) is 0 Å². The Hall–Kier alpha value is -3.79. The lowest BCUT2D eigenvalue weighted by Crippen LogP contribution is -2.31. The number of non-ortho nitro benzene ring substituents is 1. The van der Waals surface area contributed by atoms with Crippen LogP contribution in [-0.4, -0.2) is 45.9 Å². The minimum absolute atomic E-state index is 0.00780. The van der Waals surface area contributed by atoms with Gasteiger partial charge in [-0.3, -0.25) is 19.9 Å². The molecule has 2 aromatic carbocycles. The fourth-order valence-corrected chi connectivity index (χ4v) is 5.28. The fraction of sp³-hybridized carbons (Fsp3) is 0.346. The fourth-order valence-electron chi connectivity index (χ4n) is 4.87. The van der Waals surface area contributed by atoms with Gasteiger partial charge in [-0.05, 0) is 43.7 Å². The lowest BCUT2D eigenvalue weighted by molar-refractivity contribution is -0.384. The van der Waals surface area contributed by atoms with Crippen LogP contribution in [0.5, 0.6) is 0 Å². The molecule has 1 saturated carbocycles. The van der Waals surface area contributed by atoms with Gasteiger partial charge in [0, 0.05) is 43.7 Å². The predicted molar refractivity (Wildman–Crippen MR) is 139 cm³/mol. The first-order valence-corrected chi connectivity index (χ1v) is 12.4. The number of carboxylic acid groups (broad SMARTS) is 1. The molecular formula is C26H24ClFN4O5. The second-order valence-electron chi connectivity index (χ2n) is 9.46. The van der Waals surface area contributed by atoms with Gasteiger partial charge < -0.3 is 14.6 Å². The van der Waals surface area contributed by atoms with Gasteiger partial charge in [0.25, 0.3) is 5.69 Å². The molecule has 192 valence electrons. The minimum Gasteiger partial charge on any atom is -0.477 e.